The highest BCUT2D eigenvalue weighted by molar-refractivity contribution is 6.31. The van der Waals surface area contributed by atoms with Crippen LogP contribution in [0.15, 0.2) is 48.5 Å². The maximum absolute atomic E-state index is 12.4. The Bertz CT molecular complexity index is 705. The molecule has 1 atom stereocenters. The monoisotopic (exact) mass is 299 g/mol. The van der Waals surface area contributed by atoms with Crippen LogP contribution in [0.4, 0.5) is 5.69 Å². The standard InChI is InChI=1S/C16H14ClN3O/c1-16(19,12-5-3-2-4-6-12)15(21)20-14-9-13(17)8-7-11(14)10-18/h2-9H,19H2,1H3,(H,20,21). The van der Waals surface area contributed by atoms with Crippen molar-refractivity contribution in [2.24, 2.45) is 5.73 Å². The SMILES string of the molecule is CC(N)(C(=O)Nc1cc(Cl)ccc1C#N)c1ccccc1. The Labute approximate surface area is 128 Å². The van der Waals surface area contributed by atoms with E-state index in [9.17, 15) is 4.79 Å². The topological polar surface area (TPSA) is 78.9 Å². The van der Waals surface area contributed by atoms with E-state index in [0.29, 0.717) is 21.8 Å². The summed E-state index contributed by atoms with van der Waals surface area (Å²) in [6.07, 6.45) is 0. The summed E-state index contributed by atoms with van der Waals surface area (Å²) in [5.41, 5.74) is 6.28. The number of carbonyl (C=O) groups is 1. The molecule has 0 aliphatic heterocycles. The number of rotatable bonds is 3. The molecule has 0 aliphatic rings. The van der Waals surface area contributed by atoms with Crippen LogP contribution >= 0.6 is 11.6 Å². The Balaban J connectivity index is 2.30. The summed E-state index contributed by atoms with van der Waals surface area (Å²) in [6, 6.07) is 15.7. The average Bonchev–Trinajstić information content (AvgIpc) is 2.48. The highest BCUT2D eigenvalue weighted by Crippen LogP contribution is 2.24. The van der Waals surface area contributed by atoms with Crippen molar-refractivity contribution in [1.29, 1.82) is 5.26 Å². The van der Waals surface area contributed by atoms with E-state index in [-0.39, 0.29) is 0 Å². The van der Waals surface area contributed by atoms with Crippen molar-refractivity contribution in [3.63, 3.8) is 0 Å². The molecule has 0 saturated heterocycles. The lowest BCUT2D eigenvalue weighted by atomic mass is 9.92. The van der Waals surface area contributed by atoms with E-state index in [2.05, 4.69) is 5.32 Å². The molecule has 0 spiro atoms. The van der Waals surface area contributed by atoms with Crippen LogP contribution in [0.3, 0.4) is 0 Å². The van der Waals surface area contributed by atoms with Gasteiger partial charge in [-0.15, -0.1) is 0 Å². The molecule has 2 aromatic carbocycles. The van der Waals surface area contributed by atoms with Crippen LogP contribution in [0.25, 0.3) is 0 Å². The first-order valence-corrected chi connectivity index (χ1v) is 6.68. The van der Waals surface area contributed by atoms with E-state index in [1.807, 2.05) is 24.3 Å². The zero-order chi connectivity index (χ0) is 15.5. The molecule has 106 valence electrons. The zero-order valence-corrected chi connectivity index (χ0v) is 12.2. The molecule has 21 heavy (non-hydrogen) atoms. The fourth-order valence-electron chi connectivity index (χ4n) is 1.89. The number of nitrogens with two attached hydrogens (primary N) is 1. The Morgan fingerprint density at radius 3 is 2.57 bits per heavy atom. The van der Waals surface area contributed by atoms with Gasteiger partial charge in [0.1, 0.15) is 11.6 Å². The minimum absolute atomic E-state index is 0.330. The molecule has 1 amide bonds. The second-order valence-corrected chi connectivity index (χ2v) is 5.26. The lowest BCUT2D eigenvalue weighted by Gasteiger charge is -2.24. The maximum Gasteiger partial charge on any atom is 0.248 e. The number of benzene rings is 2. The highest BCUT2D eigenvalue weighted by atomic mass is 35.5. The molecule has 0 aliphatic carbocycles. The molecular weight excluding hydrogens is 286 g/mol. The number of carbonyl (C=O) groups excluding carboxylic acids is 1. The van der Waals surface area contributed by atoms with Gasteiger partial charge in [-0.2, -0.15) is 5.26 Å². The summed E-state index contributed by atoms with van der Waals surface area (Å²) >= 11 is 5.90. The van der Waals surface area contributed by atoms with Crippen LogP contribution in [-0.4, -0.2) is 5.91 Å². The number of nitrogens with one attached hydrogen (secondary N) is 1. The molecule has 2 aromatic rings. The minimum Gasteiger partial charge on any atom is -0.323 e. The fraction of sp³-hybridized carbons (Fsp3) is 0.125. The molecule has 5 heteroatoms. The molecule has 0 fully saturated rings. The second-order valence-electron chi connectivity index (χ2n) is 4.82. The number of hydrogen-bond donors (Lipinski definition) is 2. The zero-order valence-electron chi connectivity index (χ0n) is 11.4. The molecule has 0 aromatic heterocycles. The van der Waals surface area contributed by atoms with Crippen molar-refractivity contribution in [2.45, 2.75) is 12.5 Å². The summed E-state index contributed by atoms with van der Waals surface area (Å²) in [6.45, 7) is 1.62. The van der Waals surface area contributed by atoms with Crippen molar-refractivity contribution >= 4 is 23.2 Å². The number of amides is 1. The van der Waals surface area contributed by atoms with Crippen LogP contribution in [0.2, 0.25) is 5.02 Å². The number of halogens is 1. The minimum atomic E-state index is -1.21. The van der Waals surface area contributed by atoms with Crippen LogP contribution in [0.1, 0.15) is 18.1 Å². The van der Waals surface area contributed by atoms with Crippen LogP contribution in [0.5, 0.6) is 0 Å². The predicted molar refractivity (Wildman–Crippen MR) is 82.8 cm³/mol. The molecular formula is C16H14ClN3O. The maximum atomic E-state index is 12.4. The van der Waals surface area contributed by atoms with Gasteiger partial charge in [0, 0.05) is 5.02 Å². The van der Waals surface area contributed by atoms with Crippen LogP contribution < -0.4 is 11.1 Å². The summed E-state index contributed by atoms with van der Waals surface area (Å²) in [5, 5.41) is 12.2. The quantitative estimate of drug-likeness (QED) is 0.914. The van der Waals surface area contributed by atoms with Gasteiger partial charge in [-0.25, -0.2) is 0 Å². The van der Waals surface area contributed by atoms with Gasteiger partial charge in [0.05, 0.1) is 11.3 Å². The molecule has 1 unspecified atom stereocenters. The summed E-state index contributed by atoms with van der Waals surface area (Å²) in [4.78, 5) is 12.4. The van der Waals surface area contributed by atoms with E-state index in [0.717, 1.165) is 0 Å². The molecule has 0 heterocycles. The van der Waals surface area contributed by atoms with Gasteiger partial charge >= 0.3 is 0 Å². The largest absolute Gasteiger partial charge is 0.323 e. The van der Waals surface area contributed by atoms with E-state index >= 15 is 0 Å². The van der Waals surface area contributed by atoms with Gasteiger partial charge in [0.2, 0.25) is 5.91 Å². The van der Waals surface area contributed by atoms with E-state index in [4.69, 9.17) is 22.6 Å². The number of hydrogen-bond acceptors (Lipinski definition) is 3. The summed E-state index contributed by atoms with van der Waals surface area (Å²) < 4.78 is 0. The van der Waals surface area contributed by atoms with Crippen molar-refractivity contribution in [3.8, 4) is 6.07 Å². The Kier molecular flexibility index (Phi) is 4.27. The first kappa shape index (κ1) is 15.0. The Morgan fingerprint density at radius 2 is 1.95 bits per heavy atom. The fourth-order valence-corrected chi connectivity index (χ4v) is 2.06. The number of anilines is 1. The molecule has 4 nitrogen and oxygen atoms in total. The first-order valence-electron chi connectivity index (χ1n) is 6.30. The van der Waals surface area contributed by atoms with Gasteiger partial charge < -0.3 is 11.1 Å². The Hall–Kier alpha value is -2.35. The lowest BCUT2D eigenvalue weighted by Crippen LogP contribution is -2.45. The third-order valence-electron chi connectivity index (χ3n) is 3.20. The second kappa shape index (κ2) is 5.96. The van der Waals surface area contributed by atoms with Gasteiger partial charge in [-0.3, -0.25) is 4.79 Å². The smallest absolute Gasteiger partial charge is 0.248 e. The summed E-state index contributed by atoms with van der Waals surface area (Å²) in [7, 11) is 0. The molecule has 0 radical (unpaired) electrons. The average molecular weight is 300 g/mol. The summed E-state index contributed by atoms with van der Waals surface area (Å²) in [5.74, 6) is -0.410. The van der Waals surface area contributed by atoms with Crippen molar-refractivity contribution in [2.75, 3.05) is 5.32 Å². The van der Waals surface area contributed by atoms with Gasteiger partial charge in [-0.05, 0) is 30.7 Å². The molecule has 2 rings (SSSR count). The van der Waals surface area contributed by atoms with E-state index in [1.54, 1.807) is 31.2 Å². The van der Waals surface area contributed by atoms with Crippen molar-refractivity contribution in [1.82, 2.24) is 0 Å². The van der Waals surface area contributed by atoms with Gasteiger partial charge in [-0.1, -0.05) is 41.9 Å². The Morgan fingerprint density at radius 1 is 1.29 bits per heavy atom. The predicted octanol–water partition coefficient (Wildman–Crippen LogP) is 3.02. The van der Waals surface area contributed by atoms with Crippen molar-refractivity contribution < 1.29 is 4.79 Å². The third-order valence-corrected chi connectivity index (χ3v) is 3.43. The molecule has 0 bridgehead atoms. The molecule has 0 saturated carbocycles. The van der Waals surface area contributed by atoms with Gasteiger partial charge in [0.15, 0.2) is 0 Å². The number of nitrogens with zero attached hydrogens (tertiary/aromatic N) is 1. The molecule has 3 N–H and O–H groups in total. The van der Waals surface area contributed by atoms with Crippen molar-refractivity contribution in [3.05, 3.63) is 64.7 Å². The van der Waals surface area contributed by atoms with Gasteiger partial charge in [0.25, 0.3) is 0 Å². The van der Waals surface area contributed by atoms with Crippen LogP contribution in [0, 0.1) is 11.3 Å². The van der Waals surface area contributed by atoms with E-state index in [1.165, 1.54) is 6.07 Å². The third kappa shape index (κ3) is 3.22. The normalized spacial score (nSPS) is 13.0. The van der Waals surface area contributed by atoms with Crippen LogP contribution in [-0.2, 0) is 10.3 Å². The lowest BCUT2D eigenvalue weighted by molar-refractivity contribution is -0.120. The first-order chi connectivity index (χ1) is 9.95. The van der Waals surface area contributed by atoms with E-state index < -0.39 is 11.4 Å². The number of nitriles is 1. The highest BCUT2D eigenvalue weighted by Gasteiger charge is 2.30.